The molecule has 0 atom stereocenters. The SMILES string of the molecule is Cc1cc(NCc2ccncc2)c(C(N)=S)c(C)n1. The molecule has 19 heavy (non-hydrogen) atoms. The number of nitrogens with one attached hydrogen (secondary N) is 1. The van der Waals surface area contributed by atoms with E-state index >= 15 is 0 Å². The topological polar surface area (TPSA) is 63.8 Å². The second-order valence-electron chi connectivity index (χ2n) is 4.34. The van der Waals surface area contributed by atoms with Crippen LogP contribution >= 0.6 is 12.2 Å². The van der Waals surface area contributed by atoms with Gasteiger partial charge in [-0.05, 0) is 37.6 Å². The van der Waals surface area contributed by atoms with Crippen molar-refractivity contribution in [2.45, 2.75) is 20.4 Å². The molecule has 0 saturated carbocycles. The Balaban J connectivity index is 2.27. The molecule has 2 rings (SSSR count). The van der Waals surface area contributed by atoms with Crippen molar-refractivity contribution in [1.82, 2.24) is 9.97 Å². The Hall–Kier alpha value is -2.01. The van der Waals surface area contributed by atoms with E-state index in [0.29, 0.717) is 11.5 Å². The van der Waals surface area contributed by atoms with E-state index in [2.05, 4.69) is 15.3 Å². The van der Waals surface area contributed by atoms with Crippen LogP contribution in [0.4, 0.5) is 5.69 Å². The summed E-state index contributed by atoms with van der Waals surface area (Å²) in [6.07, 6.45) is 3.54. The van der Waals surface area contributed by atoms with Gasteiger partial charge in [-0.15, -0.1) is 0 Å². The Bertz CT molecular complexity index is 596. The van der Waals surface area contributed by atoms with Crippen molar-refractivity contribution >= 4 is 22.9 Å². The van der Waals surface area contributed by atoms with E-state index in [1.165, 1.54) is 0 Å². The third kappa shape index (κ3) is 3.26. The maximum Gasteiger partial charge on any atom is 0.107 e. The molecule has 0 unspecified atom stereocenters. The van der Waals surface area contributed by atoms with E-state index in [1.807, 2.05) is 32.0 Å². The quantitative estimate of drug-likeness (QED) is 0.836. The van der Waals surface area contributed by atoms with Gasteiger partial charge in [-0.25, -0.2) is 0 Å². The van der Waals surface area contributed by atoms with E-state index in [0.717, 1.165) is 28.2 Å². The number of nitrogens with two attached hydrogens (primary N) is 1. The second kappa shape index (κ2) is 5.75. The van der Waals surface area contributed by atoms with Crippen LogP contribution in [0.2, 0.25) is 0 Å². The Morgan fingerprint density at radius 1 is 1.32 bits per heavy atom. The fraction of sp³-hybridized carbons (Fsp3) is 0.214. The number of hydrogen-bond donors (Lipinski definition) is 2. The van der Waals surface area contributed by atoms with Gasteiger partial charge in [0.05, 0.1) is 5.56 Å². The number of aryl methyl sites for hydroxylation is 2. The number of anilines is 1. The zero-order valence-electron chi connectivity index (χ0n) is 11.0. The van der Waals surface area contributed by atoms with Crippen LogP contribution in [0.1, 0.15) is 22.5 Å². The zero-order chi connectivity index (χ0) is 13.8. The smallest absolute Gasteiger partial charge is 0.107 e. The summed E-state index contributed by atoms with van der Waals surface area (Å²) < 4.78 is 0. The minimum atomic E-state index is 0.363. The van der Waals surface area contributed by atoms with Gasteiger partial charge in [-0.3, -0.25) is 9.97 Å². The van der Waals surface area contributed by atoms with Crippen molar-refractivity contribution in [3.05, 3.63) is 53.1 Å². The highest BCUT2D eigenvalue weighted by molar-refractivity contribution is 7.80. The molecule has 0 aliphatic carbocycles. The fourth-order valence-corrected chi connectivity index (χ4v) is 2.23. The van der Waals surface area contributed by atoms with Crippen molar-refractivity contribution in [1.29, 1.82) is 0 Å². The normalized spacial score (nSPS) is 10.2. The highest BCUT2D eigenvalue weighted by Gasteiger charge is 2.10. The monoisotopic (exact) mass is 272 g/mol. The Labute approximate surface area is 118 Å². The number of nitrogens with zero attached hydrogens (tertiary/aromatic N) is 2. The summed E-state index contributed by atoms with van der Waals surface area (Å²) in [5, 5.41) is 3.36. The standard InChI is InChI=1S/C14H16N4S/c1-9-7-12(13(14(15)19)10(2)18-9)17-8-11-3-5-16-6-4-11/h3-7H,8H2,1-2H3,(H2,15,19)(H,17,18). The van der Waals surface area contributed by atoms with Crippen molar-refractivity contribution in [2.75, 3.05) is 5.32 Å². The minimum Gasteiger partial charge on any atom is -0.389 e. The molecule has 0 radical (unpaired) electrons. The summed E-state index contributed by atoms with van der Waals surface area (Å²) in [5.74, 6) is 0. The maximum absolute atomic E-state index is 5.78. The van der Waals surface area contributed by atoms with Gasteiger partial charge in [0.1, 0.15) is 4.99 Å². The molecule has 4 nitrogen and oxygen atoms in total. The van der Waals surface area contributed by atoms with Crippen LogP contribution in [-0.4, -0.2) is 15.0 Å². The summed E-state index contributed by atoms with van der Waals surface area (Å²) in [6.45, 7) is 4.56. The van der Waals surface area contributed by atoms with Gasteiger partial charge in [0, 0.05) is 36.0 Å². The first kappa shape index (κ1) is 13.4. The van der Waals surface area contributed by atoms with Gasteiger partial charge in [-0.2, -0.15) is 0 Å². The second-order valence-corrected chi connectivity index (χ2v) is 4.78. The molecule has 5 heteroatoms. The highest BCUT2D eigenvalue weighted by atomic mass is 32.1. The summed E-state index contributed by atoms with van der Waals surface area (Å²) in [4.78, 5) is 8.75. The molecule has 0 aliphatic heterocycles. The Morgan fingerprint density at radius 3 is 2.63 bits per heavy atom. The lowest BCUT2D eigenvalue weighted by atomic mass is 10.1. The maximum atomic E-state index is 5.78. The largest absolute Gasteiger partial charge is 0.389 e. The summed E-state index contributed by atoms with van der Waals surface area (Å²) in [6, 6.07) is 5.89. The first-order valence-corrected chi connectivity index (χ1v) is 6.39. The molecular weight excluding hydrogens is 256 g/mol. The lowest BCUT2D eigenvalue weighted by molar-refractivity contribution is 1.08. The van der Waals surface area contributed by atoms with Gasteiger partial charge in [0.25, 0.3) is 0 Å². The van der Waals surface area contributed by atoms with Gasteiger partial charge in [0.2, 0.25) is 0 Å². The molecule has 0 amide bonds. The summed E-state index contributed by atoms with van der Waals surface area (Å²) >= 11 is 5.10. The number of pyridine rings is 2. The number of rotatable bonds is 4. The minimum absolute atomic E-state index is 0.363. The Kier molecular flexibility index (Phi) is 4.06. The molecule has 0 saturated heterocycles. The molecule has 0 bridgehead atoms. The van der Waals surface area contributed by atoms with E-state index in [4.69, 9.17) is 18.0 Å². The molecule has 98 valence electrons. The lowest BCUT2D eigenvalue weighted by Crippen LogP contribution is -2.16. The van der Waals surface area contributed by atoms with E-state index in [-0.39, 0.29) is 0 Å². The van der Waals surface area contributed by atoms with Gasteiger partial charge >= 0.3 is 0 Å². The van der Waals surface area contributed by atoms with Crippen LogP contribution in [0.25, 0.3) is 0 Å². The van der Waals surface area contributed by atoms with Crippen LogP contribution in [-0.2, 0) is 6.54 Å². The molecule has 0 aliphatic rings. The molecule has 0 aromatic carbocycles. The first-order chi connectivity index (χ1) is 9.08. The van der Waals surface area contributed by atoms with E-state index in [1.54, 1.807) is 12.4 Å². The van der Waals surface area contributed by atoms with Gasteiger partial charge in [0.15, 0.2) is 0 Å². The highest BCUT2D eigenvalue weighted by Crippen LogP contribution is 2.20. The number of aromatic nitrogens is 2. The number of hydrogen-bond acceptors (Lipinski definition) is 4. The lowest BCUT2D eigenvalue weighted by Gasteiger charge is -2.14. The van der Waals surface area contributed by atoms with Crippen LogP contribution in [0.3, 0.4) is 0 Å². The van der Waals surface area contributed by atoms with Gasteiger partial charge < -0.3 is 11.1 Å². The van der Waals surface area contributed by atoms with Crippen molar-refractivity contribution in [2.24, 2.45) is 5.73 Å². The van der Waals surface area contributed by atoms with Crippen molar-refractivity contribution < 1.29 is 0 Å². The molecule has 0 spiro atoms. The molecular formula is C14H16N4S. The van der Waals surface area contributed by atoms with Crippen LogP contribution in [0.5, 0.6) is 0 Å². The zero-order valence-corrected chi connectivity index (χ0v) is 11.8. The average Bonchev–Trinajstić information content (AvgIpc) is 2.36. The average molecular weight is 272 g/mol. The molecule has 2 aromatic rings. The van der Waals surface area contributed by atoms with Crippen LogP contribution in [0, 0.1) is 13.8 Å². The molecule has 3 N–H and O–H groups in total. The third-order valence-electron chi connectivity index (χ3n) is 2.81. The van der Waals surface area contributed by atoms with Gasteiger partial charge in [-0.1, -0.05) is 12.2 Å². The predicted molar refractivity (Wildman–Crippen MR) is 81.2 cm³/mol. The summed E-state index contributed by atoms with van der Waals surface area (Å²) in [5.41, 5.74) is 10.5. The first-order valence-electron chi connectivity index (χ1n) is 5.98. The van der Waals surface area contributed by atoms with Crippen molar-refractivity contribution in [3.8, 4) is 0 Å². The molecule has 0 fully saturated rings. The predicted octanol–water partition coefficient (Wildman–Crippen LogP) is 2.34. The van der Waals surface area contributed by atoms with Crippen molar-refractivity contribution in [3.63, 3.8) is 0 Å². The van der Waals surface area contributed by atoms with Crippen LogP contribution < -0.4 is 11.1 Å². The van der Waals surface area contributed by atoms with E-state index < -0.39 is 0 Å². The molecule has 2 heterocycles. The number of thiocarbonyl (C=S) groups is 1. The van der Waals surface area contributed by atoms with E-state index in [9.17, 15) is 0 Å². The summed E-state index contributed by atoms with van der Waals surface area (Å²) in [7, 11) is 0. The molecule has 2 aromatic heterocycles. The van der Waals surface area contributed by atoms with Crippen LogP contribution in [0.15, 0.2) is 30.6 Å². The Morgan fingerprint density at radius 2 is 2.00 bits per heavy atom. The fourth-order valence-electron chi connectivity index (χ4n) is 1.98. The third-order valence-corrected chi connectivity index (χ3v) is 3.01.